The Bertz CT molecular complexity index is 370. The van der Waals surface area contributed by atoms with Crippen molar-refractivity contribution in [1.29, 1.82) is 0 Å². The van der Waals surface area contributed by atoms with Gasteiger partial charge >= 0.3 is 0 Å². The van der Waals surface area contributed by atoms with Crippen molar-refractivity contribution in [2.45, 2.75) is 53.4 Å². The molecule has 2 nitrogen and oxygen atoms in total. The molecule has 0 bridgehead atoms. The lowest BCUT2D eigenvalue weighted by Crippen LogP contribution is -2.00. The second kappa shape index (κ2) is 6.53. The maximum atomic E-state index is 9.77. The van der Waals surface area contributed by atoms with Crippen LogP contribution in [0.15, 0.2) is 6.07 Å². The van der Waals surface area contributed by atoms with Gasteiger partial charge < -0.3 is 9.84 Å². The van der Waals surface area contributed by atoms with E-state index in [9.17, 15) is 5.11 Å². The minimum Gasteiger partial charge on any atom is -0.508 e. The van der Waals surface area contributed by atoms with Gasteiger partial charge in [0.05, 0.1) is 6.61 Å². The molecular formula is C15H24O2. The highest BCUT2D eigenvalue weighted by Gasteiger charge is 2.09. The molecule has 96 valence electrons. The van der Waals surface area contributed by atoms with Crippen LogP contribution < -0.4 is 4.74 Å². The highest BCUT2D eigenvalue weighted by atomic mass is 16.5. The molecule has 1 aromatic rings. The van der Waals surface area contributed by atoms with Crippen molar-refractivity contribution in [3.8, 4) is 11.5 Å². The third kappa shape index (κ3) is 3.65. The largest absolute Gasteiger partial charge is 0.508 e. The molecule has 0 aromatic heterocycles. The van der Waals surface area contributed by atoms with Gasteiger partial charge in [0, 0.05) is 6.07 Å². The predicted molar refractivity (Wildman–Crippen MR) is 72.0 cm³/mol. The number of hydrogen-bond donors (Lipinski definition) is 1. The molecule has 0 fully saturated rings. The maximum Gasteiger partial charge on any atom is 0.126 e. The average molecular weight is 236 g/mol. The first-order valence-electron chi connectivity index (χ1n) is 6.50. The lowest BCUT2D eigenvalue weighted by Gasteiger charge is -2.14. The molecule has 1 aromatic carbocycles. The molecule has 0 radical (unpaired) electrons. The van der Waals surface area contributed by atoms with Gasteiger partial charge in [0.1, 0.15) is 11.5 Å². The standard InChI is InChI=1S/C15H24O2/c1-5-6-7-8-9-17-15-10-14(16)12(3)11(2)13(15)4/h10,16H,5-9H2,1-4H3. The van der Waals surface area contributed by atoms with Crippen LogP contribution in [0.4, 0.5) is 0 Å². The minimum absolute atomic E-state index is 0.330. The lowest BCUT2D eigenvalue weighted by atomic mass is 10.0. The van der Waals surface area contributed by atoms with E-state index in [1.807, 2.05) is 20.8 Å². The third-order valence-electron chi connectivity index (χ3n) is 3.40. The topological polar surface area (TPSA) is 29.5 Å². The SMILES string of the molecule is CCCCCCOc1cc(O)c(C)c(C)c1C. The molecule has 0 aliphatic rings. The van der Waals surface area contributed by atoms with Gasteiger partial charge in [0.25, 0.3) is 0 Å². The van der Waals surface area contributed by atoms with Crippen LogP contribution in [0.25, 0.3) is 0 Å². The molecule has 0 amide bonds. The second-order valence-corrected chi connectivity index (χ2v) is 4.68. The Balaban J connectivity index is 2.60. The fraction of sp³-hybridized carbons (Fsp3) is 0.600. The van der Waals surface area contributed by atoms with Gasteiger partial charge in [0.2, 0.25) is 0 Å². The number of aromatic hydroxyl groups is 1. The second-order valence-electron chi connectivity index (χ2n) is 4.68. The van der Waals surface area contributed by atoms with Crippen LogP contribution in [0.5, 0.6) is 11.5 Å². The summed E-state index contributed by atoms with van der Waals surface area (Å²) in [6.45, 7) is 8.94. The van der Waals surface area contributed by atoms with Gasteiger partial charge in [-0.2, -0.15) is 0 Å². The van der Waals surface area contributed by atoms with E-state index in [2.05, 4.69) is 6.92 Å². The molecular weight excluding hydrogens is 212 g/mol. The number of hydrogen-bond acceptors (Lipinski definition) is 2. The van der Waals surface area contributed by atoms with E-state index < -0.39 is 0 Å². The quantitative estimate of drug-likeness (QED) is 0.747. The monoisotopic (exact) mass is 236 g/mol. The highest BCUT2D eigenvalue weighted by molar-refractivity contribution is 5.50. The molecule has 0 saturated heterocycles. The molecule has 2 heteroatoms. The Morgan fingerprint density at radius 1 is 1.00 bits per heavy atom. The van der Waals surface area contributed by atoms with Gasteiger partial charge in [-0.25, -0.2) is 0 Å². The summed E-state index contributed by atoms with van der Waals surface area (Å²) in [5, 5.41) is 9.77. The highest BCUT2D eigenvalue weighted by Crippen LogP contribution is 2.31. The number of unbranched alkanes of at least 4 members (excludes halogenated alkanes) is 3. The predicted octanol–water partition coefficient (Wildman–Crippen LogP) is 4.28. The van der Waals surface area contributed by atoms with E-state index in [1.165, 1.54) is 19.3 Å². The van der Waals surface area contributed by atoms with Crippen LogP contribution in [-0.4, -0.2) is 11.7 Å². The van der Waals surface area contributed by atoms with Crippen LogP contribution in [0.3, 0.4) is 0 Å². The Morgan fingerprint density at radius 3 is 2.35 bits per heavy atom. The first-order chi connectivity index (χ1) is 8.07. The normalized spacial score (nSPS) is 10.6. The molecule has 17 heavy (non-hydrogen) atoms. The Kier molecular flexibility index (Phi) is 5.33. The minimum atomic E-state index is 0.330. The van der Waals surface area contributed by atoms with E-state index in [1.54, 1.807) is 6.07 Å². The molecule has 1 rings (SSSR count). The first-order valence-corrected chi connectivity index (χ1v) is 6.50. The number of benzene rings is 1. The summed E-state index contributed by atoms with van der Waals surface area (Å²) in [6, 6.07) is 1.73. The molecule has 0 aliphatic heterocycles. The Hall–Kier alpha value is -1.18. The zero-order chi connectivity index (χ0) is 12.8. The van der Waals surface area contributed by atoms with Crippen LogP contribution in [-0.2, 0) is 0 Å². The molecule has 0 saturated carbocycles. The number of phenolic OH excluding ortho intramolecular Hbond substituents is 1. The van der Waals surface area contributed by atoms with Crippen molar-refractivity contribution in [2.24, 2.45) is 0 Å². The summed E-state index contributed by atoms with van der Waals surface area (Å²) in [7, 11) is 0. The number of rotatable bonds is 6. The average Bonchev–Trinajstić information content (AvgIpc) is 2.32. The van der Waals surface area contributed by atoms with Crippen molar-refractivity contribution >= 4 is 0 Å². The molecule has 0 unspecified atom stereocenters. The van der Waals surface area contributed by atoms with Crippen molar-refractivity contribution in [1.82, 2.24) is 0 Å². The van der Waals surface area contributed by atoms with E-state index in [4.69, 9.17) is 4.74 Å². The van der Waals surface area contributed by atoms with Gasteiger partial charge in [-0.05, 0) is 43.9 Å². The number of phenols is 1. The number of ether oxygens (including phenoxy) is 1. The molecule has 1 N–H and O–H groups in total. The summed E-state index contributed by atoms with van der Waals surface area (Å²) in [6.07, 6.45) is 4.80. The van der Waals surface area contributed by atoms with Crippen molar-refractivity contribution in [3.05, 3.63) is 22.8 Å². The Labute approximate surface area is 105 Å². The summed E-state index contributed by atoms with van der Waals surface area (Å²) >= 11 is 0. The molecule has 0 atom stereocenters. The zero-order valence-corrected chi connectivity index (χ0v) is 11.5. The van der Waals surface area contributed by atoms with Crippen LogP contribution in [0.1, 0.15) is 49.3 Å². The summed E-state index contributed by atoms with van der Waals surface area (Å²) in [4.78, 5) is 0. The summed E-state index contributed by atoms with van der Waals surface area (Å²) in [5.74, 6) is 1.15. The summed E-state index contributed by atoms with van der Waals surface area (Å²) in [5.41, 5.74) is 3.20. The Morgan fingerprint density at radius 2 is 1.71 bits per heavy atom. The first kappa shape index (κ1) is 13.9. The lowest BCUT2D eigenvalue weighted by molar-refractivity contribution is 0.301. The zero-order valence-electron chi connectivity index (χ0n) is 11.5. The molecule has 0 aliphatic carbocycles. The van der Waals surface area contributed by atoms with E-state index >= 15 is 0 Å². The van der Waals surface area contributed by atoms with Crippen LogP contribution >= 0.6 is 0 Å². The molecule has 0 heterocycles. The van der Waals surface area contributed by atoms with E-state index in [-0.39, 0.29) is 0 Å². The fourth-order valence-corrected chi connectivity index (χ4v) is 1.86. The van der Waals surface area contributed by atoms with Crippen LogP contribution in [0.2, 0.25) is 0 Å². The van der Waals surface area contributed by atoms with Gasteiger partial charge in [0.15, 0.2) is 0 Å². The van der Waals surface area contributed by atoms with Gasteiger partial charge in [-0.15, -0.1) is 0 Å². The van der Waals surface area contributed by atoms with Gasteiger partial charge in [-0.1, -0.05) is 26.2 Å². The third-order valence-corrected chi connectivity index (χ3v) is 3.40. The summed E-state index contributed by atoms with van der Waals surface area (Å²) < 4.78 is 5.74. The van der Waals surface area contributed by atoms with Crippen molar-refractivity contribution in [2.75, 3.05) is 6.61 Å². The van der Waals surface area contributed by atoms with Gasteiger partial charge in [-0.3, -0.25) is 0 Å². The van der Waals surface area contributed by atoms with Crippen molar-refractivity contribution in [3.63, 3.8) is 0 Å². The maximum absolute atomic E-state index is 9.77. The van der Waals surface area contributed by atoms with E-state index in [0.717, 1.165) is 35.5 Å². The van der Waals surface area contributed by atoms with E-state index in [0.29, 0.717) is 5.75 Å². The molecule has 0 spiro atoms. The smallest absolute Gasteiger partial charge is 0.126 e. The van der Waals surface area contributed by atoms with Crippen LogP contribution in [0, 0.1) is 20.8 Å². The van der Waals surface area contributed by atoms with Crippen molar-refractivity contribution < 1.29 is 9.84 Å². The fourth-order valence-electron chi connectivity index (χ4n) is 1.86.